The summed E-state index contributed by atoms with van der Waals surface area (Å²) in [5.41, 5.74) is 3.49. The van der Waals surface area contributed by atoms with Crippen molar-refractivity contribution >= 4 is 0 Å². The van der Waals surface area contributed by atoms with Crippen LogP contribution in [0.4, 0.5) is 0 Å². The smallest absolute Gasteiger partial charge is 0.00598 e. The van der Waals surface area contributed by atoms with Crippen LogP contribution in [0.25, 0.3) is 0 Å². The Balaban J connectivity index is 1.53. The van der Waals surface area contributed by atoms with Gasteiger partial charge in [-0.05, 0) is 110 Å². The minimum absolute atomic E-state index is 0.499. The van der Waals surface area contributed by atoms with E-state index in [4.69, 9.17) is 0 Å². The van der Waals surface area contributed by atoms with E-state index in [-0.39, 0.29) is 0 Å². The lowest BCUT2D eigenvalue weighted by atomic mass is 9.41. The molecule has 3 saturated carbocycles. The normalized spacial score (nSPS) is 45.6. The van der Waals surface area contributed by atoms with Crippen LogP contribution in [0.2, 0.25) is 0 Å². The Morgan fingerprint density at radius 2 is 1.83 bits per heavy atom. The van der Waals surface area contributed by atoms with Crippen LogP contribution in [0.3, 0.4) is 0 Å². The molecule has 0 spiro atoms. The Kier molecular flexibility index (Phi) is 5.89. The molecule has 0 bridgehead atoms. The second-order valence-corrected chi connectivity index (χ2v) is 12.4. The van der Waals surface area contributed by atoms with Gasteiger partial charge >= 0.3 is 0 Å². The number of allylic oxidation sites excluding steroid dienone is 4. The molecule has 29 heavy (non-hydrogen) atoms. The average Bonchev–Trinajstić information content (AvgIpc) is 3.02. The second kappa shape index (κ2) is 7.87. The van der Waals surface area contributed by atoms with Crippen molar-refractivity contribution in [2.45, 2.75) is 112 Å². The van der Waals surface area contributed by atoms with Gasteiger partial charge in [-0.15, -0.1) is 0 Å². The van der Waals surface area contributed by atoms with Crippen LogP contribution >= 0.6 is 0 Å². The summed E-state index contributed by atoms with van der Waals surface area (Å²) in [5, 5.41) is 0. The molecule has 7 atom stereocenters. The van der Waals surface area contributed by atoms with Gasteiger partial charge in [0.25, 0.3) is 0 Å². The molecule has 3 fully saturated rings. The van der Waals surface area contributed by atoms with Gasteiger partial charge in [0.15, 0.2) is 0 Å². The van der Waals surface area contributed by atoms with Gasteiger partial charge in [0.2, 0.25) is 0 Å². The first-order valence-electron chi connectivity index (χ1n) is 13.1. The molecule has 0 saturated heterocycles. The summed E-state index contributed by atoms with van der Waals surface area (Å²) in [6, 6.07) is 0. The van der Waals surface area contributed by atoms with Gasteiger partial charge in [-0.25, -0.2) is 0 Å². The fourth-order valence-corrected chi connectivity index (χ4v) is 8.77. The summed E-state index contributed by atoms with van der Waals surface area (Å²) in [4.78, 5) is 0. The summed E-state index contributed by atoms with van der Waals surface area (Å²) in [6.07, 6.45) is 23.5. The first kappa shape index (κ1) is 21.7. The lowest BCUT2D eigenvalue weighted by Gasteiger charge is -2.64. The molecule has 4 rings (SSSR count). The van der Waals surface area contributed by atoms with Crippen molar-refractivity contribution in [3.63, 3.8) is 0 Å². The van der Waals surface area contributed by atoms with Crippen molar-refractivity contribution in [2.24, 2.45) is 45.8 Å². The lowest BCUT2D eigenvalue weighted by Crippen LogP contribution is -2.56. The fraction of sp³-hybridized carbons (Fsp3) is 0.862. The molecule has 0 heterocycles. The average molecular weight is 397 g/mol. The molecular formula is C29H48. The zero-order valence-corrected chi connectivity index (χ0v) is 20.4. The molecule has 164 valence electrons. The molecule has 0 nitrogen and oxygen atoms in total. The van der Waals surface area contributed by atoms with Crippen LogP contribution in [-0.2, 0) is 0 Å². The zero-order valence-electron chi connectivity index (χ0n) is 20.4. The molecule has 4 aliphatic carbocycles. The van der Waals surface area contributed by atoms with E-state index in [1.165, 1.54) is 70.6 Å². The maximum atomic E-state index is 2.74. The number of hydrogen-bond acceptors (Lipinski definition) is 0. The van der Waals surface area contributed by atoms with Crippen LogP contribution in [-0.4, -0.2) is 0 Å². The predicted octanol–water partition coefficient (Wildman–Crippen LogP) is 8.97. The van der Waals surface area contributed by atoms with Crippen molar-refractivity contribution < 1.29 is 0 Å². The molecule has 0 radical (unpaired) electrons. The Morgan fingerprint density at radius 1 is 1.03 bits per heavy atom. The molecule has 0 heteroatoms. The SMILES string of the molecule is CCC(/C=C/CC1CCC2C3CC=C4CCCCC4(C)C3(C)CCC12C)C(C)C. The second-order valence-electron chi connectivity index (χ2n) is 12.4. The highest BCUT2D eigenvalue weighted by Crippen LogP contribution is 2.71. The first-order valence-corrected chi connectivity index (χ1v) is 13.1. The van der Waals surface area contributed by atoms with Crippen molar-refractivity contribution in [3.05, 3.63) is 23.8 Å². The van der Waals surface area contributed by atoms with Crippen LogP contribution in [0.1, 0.15) is 112 Å². The number of hydrogen-bond donors (Lipinski definition) is 0. The summed E-state index contributed by atoms with van der Waals surface area (Å²) in [6.45, 7) is 15.2. The maximum absolute atomic E-state index is 2.74. The Labute approximate surface area is 182 Å². The van der Waals surface area contributed by atoms with E-state index in [2.05, 4.69) is 59.8 Å². The Morgan fingerprint density at radius 3 is 2.55 bits per heavy atom. The third-order valence-corrected chi connectivity index (χ3v) is 11.2. The molecule has 0 aromatic carbocycles. The quantitative estimate of drug-likeness (QED) is 0.407. The molecule has 7 unspecified atom stereocenters. The van der Waals surface area contributed by atoms with E-state index < -0.39 is 0 Å². The standard InChI is InChI=1S/C29H48/c1-7-22(21(2)3)11-10-13-23-14-16-25-26-17-15-24-12-8-9-18-28(24,5)29(26,6)20-19-27(23,25)4/h10-11,15,21-23,25-26H,7-9,12-14,16-20H2,1-6H3/b11-10+. The summed E-state index contributed by atoms with van der Waals surface area (Å²) in [7, 11) is 0. The van der Waals surface area contributed by atoms with Gasteiger partial charge in [0.05, 0.1) is 0 Å². The fourth-order valence-electron chi connectivity index (χ4n) is 8.77. The summed E-state index contributed by atoms with van der Waals surface area (Å²) in [5.74, 6) is 4.35. The molecule has 0 aliphatic heterocycles. The van der Waals surface area contributed by atoms with E-state index in [1.54, 1.807) is 0 Å². The van der Waals surface area contributed by atoms with Crippen molar-refractivity contribution in [1.82, 2.24) is 0 Å². The van der Waals surface area contributed by atoms with E-state index in [9.17, 15) is 0 Å². The number of fused-ring (bicyclic) bond motifs is 5. The third-order valence-electron chi connectivity index (χ3n) is 11.2. The van der Waals surface area contributed by atoms with Crippen molar-refractivity contribution in [1.29, 1.82) is 0 Å². The van der Waals surface area contributed by atoms with Crippen LogP contribution in [0, 0.1) is 45.8 Å². The van der Waals surface area contributed by atoms with Crippen molar-refractivity contribution in [2.75, 3.05) is 0 Å². The third kappa shape index (κ3) is 3.30. The minimum Gasteiger partial charge on any atom is -0.0880 e. The molecule has 0 amide bonds. The maximum Gasteiger partial charge on any atom is -0.00598 e. The van der Waals surface area contributed by atoms with Gasteiger partial charge in [0.1, 0.15) is 0 Å². The van der Waals surface area contributed by atoms with Gasteiger partial charge in [-0.3, -0.25) is 0 Å². The van der Waals surface area contributed by atoms with Gasteiger partial charge < -0.3 is 0 Å². The Hall–Kier alpha value is -0.520. The van der Waals surface area contributed by atoms with E-state index in [1.807, 2.05) is 5.57 Å². The highest BCUT2D eigenvalue weighted by Gasteiger charge is 2.62. The molecule has 0 aromatic rings. The highest BCUT2D eigenvalue weighted by atomic mass is 14.7. The molecule has 4 aliphatic rings. The van der Waals surface area contributed by atoms with Gasteiger partial charge in [-0.1, -0.05) is 71.8 Å². The lowest BCUT2D eigenvalue weighted by molar-refractivity contribution is -0.108. The molecule has 0 N–H and O–H groups in total. The largest absolute Gasteiger partial charge is 0.0880 e. The van der Waals surface area contributed by atoms with Crippen LogP contribution in [0.15, 0.2) is 23.8 Å². The zero-order chi connectivity index (χ0) is 20.9. The molecular weight excluding hydrogens is 348 g/mol. The highest BCUT2D eigenvalue weighted by molar-refractivity contribution is 5.28. The first-order chi connectivity index (χ1) is 13.8. The summed E-state index contributed by atoms with van der Waals surface area (Å²) < 4.78 is 0. The topological polar surface area (TPSA) is 0 Å². The minimum atomic E-state index is 0.499. The van der Waals surface area contributed by atoms with Crippen LogP contribution < -0.4 is 0 Å². The monoisotopic (exact) mass is 396 g/mol. The predicted molar refractivity (Wildman–Crippen MR) is 127 cm³/mol. The van der Waals surface area contributed by atoms with E-state index in [0.29, 0.717) is 16.2 Å². The van der Waals surface area contributed by atoms with Crippen molar-refractivity contribution in [3.8, 4) is 0 Å². The molecule has 0 aromatic heterocycles. The van der Waals surface area contributed by atoms with E-state index >= 15 is 0 Å². The van der Waals surface area contributed by atoms with Gasteiger partial charge in [-0.2, -0.15) is 0 Å². The number of rotatable bonds is 5. The Bertz CT molecular complexity index is 653. The van der Waals surface area contributed by atoms with Gasteiger partial charge in [0, 0.05) is 0 Å². The summed E-state index contributed by atoms with van der Waals surface area (Å²) >= 11 is 0. The van der Waals surface area contributed by atoms with Crippen LogP contribution in [0.5, 0.6) is 0 Å². The van der Waals surface area contributed by atoms with E-state index in [0.717, 1.165) is 29.6 Å².